The second kappa shape index (κ2) is 6.87. The summed E-state index contributed by atoms with van der Waals surface area (Å²) in [5, 5.41) is 0. The van der Waals surface area contributed by atoms with E-state index >= 15 is 0 Å². The second-order valence-electron chi connectivity index (χ2n) is 6.00. The van der Waals surface area contributed by atoms with Crippen LogP contribution in [0, 0.1) is 6.92 Å². The fraction of sp³-hybridized carbons (Fsp3) is 0.389. The Bertz CT molecular complexity index is 656. The number of amides is 1. The van der Waals surface area contributed by atoms with E-state index < -0.39 is 0 Å². The maximum Gasteiger partial charge on any atom is 0.219 e. The van der Waals surface area contributed by atoms with Gasteiger partial charge in [0.1, 0.15) is 5.82 Å². The Morgan fingerprint density at radius 1 is 1.17 bits per heavy atom. The molecule has 0 aliphatic carbocycles. The van der Waals surface area contributed by atoms with Gasteiger partial charge >= 0.3 is 0 Å². The molecule has 1 aliphatic rings. The quantitative estimate of drug-likeness (QED) is 0.872. The number of hydrogen-bond acceptors (Lipinski definition) is 4. The van der Waals surface area contributed by atoms with Crippen LogP contribution in [-0.2, 0) is 11.3 Å². The van der Waals surface area contributed by atoms with E-state index in [-0.39, 0.29) is 11.9 Å². The van der Waals surface area contributed by atoms with Crippen LogP contribution in [-0.4, -0.2) is 45.3 Å². The zero-order valence-electron chi connectivity index (χ0n) is 13.6. The highest BCUT2D eigenvalue weighted by atomic mass is 16.2. The van der Waals surface area contributed by atoms with E-state index in [2.05, 4.69) is 39.1 Å². The van der Waals surface area contributed by atoms with E-state index in [4.69, 9.17) is 0 Å². The van der Waals surface area contributed by atoms with Crippen molar-refractivity contribution in [2.75, 3.05) is 19.6 Å². The molecule has 1 saturated heterocycles. The SMILES string of the molecule is CC(=O)N1CCN(Cc2cnc(C)nc2)C(c2ccccc2)C1. The van der Waals surface area contributed by atoms with Crippen molar-refractivity contribution in [3.63, 3.8) is 0 Å². The normalized spacial score (nSPS) is 18.9. The van der Waals surface area contributed by atoms with Crippen LogP contribution in [0.2, 0.25) is 0 Å². The van der Waals surface area contributed by atoms with Crippen molar-refractivity contribution in [3.05, 3.63) is 59.7 Å². The maximum atomic E-state index is 11.8. The van der Waals surface area contributed by atoms with Gasteiger partial charge in [-0.15, -0.1) is 0 Å². The predicted octanol–water partition coefficient (Wildman–Crippen LogP) is 2.19. The Kier molecular flexibility index (Phi) is 4.67. The lowest BCUT2D eigenvalue weighted by Gasteiger charge is -2.41. The number of aromatic nitrogens is 2. The molecule has 1 aliphatic heterocycles. The number of nitrogens with zero attached hydrogens (tertiary/aromatic N) is 4. The zero-order valence-corrected chi connectivity index (χ0v) is 13.6. The minimum atomic E-state index is 0.143. The van der Waals surface area contributed by atoms with Crippen LogP contribution in [0.1, 0.15) is 29.9 Å². The minimum absolute atomic E-state index is 0.143. The largest absolute Gasteiger partial charge is 0.340 e. The Balaban J connectivity index is 1.82. The number of piperazine rings is 1. The molecule has 5 heteroatoms. The van der Waals surface area contributed by atoms with Gasteiger partial charge in [0.05, 0.1) is 6.04 Å². The number of carbonyl (C=O) groups excluding carboxylic acids is 1. The Labute approximate surface area is 137 Å². The van der Waals surface area contributed by atoms with Crippen LogP contribution in [0.25, 0.3) is 0 Å². The van der Waals surface area contributed by atoms with Crippen molar-refractivity contribution in [2.45, 2.75) is 26.4 Å². The molecule has 1 unspecified atom stereocenters. The smallest absolute Gasteiger partial charge is 0.219 e. The van der Waals surface area contributed by atoms with Crippen LogP contribution >= 0.6 is 0 Å². The summed E-state index contributed by atoms with van der Waals surface area (Å²) >= 11 is 0. The summed E-state index contributed by atoms with van der Waals surface area (Å²) in [7, 11) is 0. The predicted molar refractivity (Wildman–Crippen MR) is 88.6 cm³/mol. The van der Waals surface area contributed by atoms with E-state index in [1.807, 2.05) is 30.3 Å². The highest BCUT2D eigenvalue weighted by molar-refractivity contribution is 5.73. The van der Waals surface area contributed by atoms with Gasteiger partial charge in [-0.3, -0.25) is 9.69 Å². The molecule has 23 heavy (non-hydrogen) atoms. The molecule has 1 aromatic heterocycles. The van der Waals surface area contributed by atoms with E-state index in [0.29, 0.717) is 0 Å². The summed E-state index contributed by atoms with van der Waals surface area (Å²) in [5.74, 6) is 0.930. The number of benzene rings is 1. The van der Waals surface area contributed by atoms with Gasteiger partial charge in [0, 0.05) is 51.1 Å². The van der Waals surface area contributed by atoms with Crippen molar-refractivity contribution in [1.29, 1.82) is 0 Å². The molecule has 0 spiro atoms. The van der Waals surface area contributed by atoms with Gasteiger partial charge in [-0.2, -0.15) is 0 Å². The first-order valence-electron chi connectivity index (χ1n) is 7.95. The third kappa shape index (κ3) is 3.74. The minimum Gasteiger partial charge on any atom is -0.340 e. The molecular weight excluding hydrogens is 288 g/mol. The highest BCUT2D eigenvalue weighted by Gasteiger charge is 2.29. The van der Waals surface area contributed by atoms with E-state index in [1.54, 1.807) is 6.92 Å². The molecule has 2 aromatic rings. The molecule has 3 rings (SSSR count). The van der Waals surface area contributed by atoms with Gasteiger partial charge in [0.25, 0.3) is 0 Å². The molecule has 120 valence electrons. The summed E-state index contributed by atoms with van der Waals surface area (Å²) in [6.45, 7) is 6.68. The van der Waals surface area contributed by atoms with Gasteiger partial charge in [0.2, 0.25) is 5.91 Å². The molecule has 1 fully saturated rings. The van der Waals surface area contributed by atoms with Crippen molar-refractivity contribution in [1.82, 2.24) is 19.8 Å². The van der Waals surface area contributed by atoms with Crippen molar-refractivity contribution in [2.24, 2.45) is 0 Å². The fourth-order valence-electron chi connectivity index (χ4n) is 3.02. The Morgan fingerprint density at radius 2 is 1.87 bits per heavy atom. The summed E-state index contributed by atoms with van der Waals surface area (Å²) in [6.07, 6.45) is 3.78. The lowest BCUT2D eigenvalue weighted by atomic mass is 10.0. The summed E-state index contributed by atoms with van der Waals surface area (Å²) in [5.41, 5.74) is 2.35. The Hall–Kier alpha value is -2.27. The van der Waals surface area contributed by atoms with Gasteiger partial charge in [0.15, 0.2) is 0 Å². The number of aryl methyl sites for hydroxylation is 1. The standard InChI is InChI=1S/C18H22N4O/c1-14-19-10-16(11-20-14)12-22-9-8-21(15(2)23)13-18(22)17-6-4-3-5-7-17/h3-7,10-11,18H,8-9,12-13H2,1-2H3. The zero-order chi connectivity index (χ0) is 16.2. The van der Waals surface area contributed by atoms with Gasteiger partial charge in [-0.1, -0.05) is 30.3 Å². The third-order valence-corrected chi connectivity index (χ3v) is 4.34. The van der Waals surface area contributed by atoms with Crippen LogP contribution < -0.4 is 0 Å². The third-order valence-electron chi connectivity index (χ3n) is 4.34. The average molecular weight is 310 g/mol. The number of rotatable bonds is 3. The van der Waals surface area contributed by atoms with Crippen LogP contribution in [0.4, 0.5) is 0 Å². The first-order valence-corrected chi connectivity index (χ1v) is 7.95. The lowest BCUT2D eigenvalue weighted by molar-refractivity contribution is -0.132. The van der Waals surface area contributed by atoms with E-state index in [0.717, 1.165) is 37.6 Å². The monoisotopic (exact) mass is 310 g/mol. The molecule has 5 nitrogen and oxygen atoms in total. The molecular formula is C18H22N4O. The van der Waals surface area contributed by atoms with E-state index in [1.165, 1.54) is 5.56 Å². The topological polar surface area (TPSA) is 49.3 Å². The maximum absolute atomic E-state index is 11.8. The molecule has 1 aromatic carbocycles. The lowest BCUT2D eigenvalue weighted by Crippen LogP contribution is -2.49. The first-order chi connectivity index (χ1) is 11.1. The van der Waals surface area contributed by atoms with Gasteiger partial charge < -0.3 is 4.90 Å². The van der Waals surface area contributed by atoms with Crippen LogP contribution in [0.5, 0.6) is 0 Å². The molecule has 0 bridgehead atoms. The van der Waals surface area contributed by atoms with Gasteiger partial charge in [-0.05, 0) is 12.5 Å². The molecule has 0 N–H and O–H groups in total. The molecule has 2 heterocycles. The van der Waals surface area contributed by atoms with Crippen molar-refractivity contribution >= 4 is 5.91 Å². The number of hydrogen-bond donors (Lipinski definition) is 0. The average Bonchev–Trinajstić information content (AvgIpc) is 2.58. The Morgan fingerprint density at radius 3 is 2.52 bits per heavy atom. The summed E-state index contributed by atoms with van der Waals surface area (Å²) < 4.78 is 0. The molecule has 0 radical (unpaired) electrons. The fourth-order valence-corrected chi connectivity index (χ4v) is 3.02. The first kappa shape index (κ1) is 15.6. The highest BCUT2D eigenvalue weighted by Crippen LogP contribution is 2.27. The van der Waals surface area contributed by atoms with Crippen molar-refractivity contribution < 1.29 is 4.79 Å². The van der Waals surface area contributed by atoms with Gasteiger partial charge in [-0.25, -0.2) is 9.97 Å². The summed E-state index contributed by atoms with van der Waals surface area (Å²) in [6, 6.07) is 10.6. The molecule has 0 saturated carbocycles. The van der Waals surface area contributed by atoms with Crippen molar-refractivity contribution in [3.8, 4) is 0 Å². The van der Waals surface area contributed by atoms with Crippen LogP contribution in [0.3, 0.4) is 0 Å². The second-order valence-corrected chi connectivity index (χ2v) is 6.00. The summed E-state index contributed by atoms with van der Waals surface area (Å²) in [4.78, 5) is 24.7. The van der Waals surface area contributed by atoms with Crippen LogP contribution in [0.15, 0.2) is 42.7 Å². The molecule has 1 amide bonds. The van der Waals surface area contributed by atoms with E-state index in [9.17, 15) is 4.79 Å². The molecule has 1 atom stereocenters. The number of carbonyl (C=O) groups is 1.